The van der Waals surface area contributed by atoms with Crippen molar-refractivity contribution < 1.29 is 22.7 Å². The summed E-state index contributed by atoms with van der Waals surface area (Å²) in [6.45, 7) is 0. The lowest BCUT2D eigenvalue weighted by molar-refractivity contribution is -0.137. The second-order valence-corrected chi connectivity index (χ2v) is 6.89. The second-order valence-electron chi connectivity index (χ2n) is 4.68. The number of hydrogen-bond donors (Lipinski definition) is 2. The predicted molar refractivity (Wildman–Crippen MR) is 81.4 cm³/mol. The maximum Gasteiger partial charge on any atom is 0.305 e. The van der Waals surface area contributed by atoms with Crippen molar-refractivity contribution in [3.63, 3.8) is 0 Å². The van der Waals surface area contributed by atoms with Gasteiger partial charge in [0.2, 0.25) is 10.0 Å². The first-order valence-electron chi connectivity index (χ1n) is 6.46. The molecule has 1 aromatic carbocycles. The minimum absolute atomic E-state index is 0.0503. The number of hydrogen-bond acceptors (Lipinski definition) is 7. The summed E-state index contributed by atoms with van der Waals surface area (Å²) in [5, 5.41) is 8.99. The number of carboxylic acid groups (broad SMARTS) is 1. The van der Waals surface area contributed by atoms with Gasteiger partial charge in [-0.25, -0.2) is 8.42 Å². The van der Waals surface area contributed by atoms with Gasteiger partial charge in [0.1, 0.15) is 21.7 Å². The minimum Gasteiger partial charge on any atom is -0.481 e. The molecule has 0 spiro atoms. The lowest BCUT2D eigenvalue weighted by atomic mass is 10.2. The monoisotopic (exact) mass is 353 g/mol. The molecule has 0 saturated carbocycles. The lowest BCUT2D eigenvalue weighted by Gasteiger charge is -2.15. The number of furan rings is 1. The molecule has 3 aromatic rings. The first-order valence-corrected chi connectivity index (χ1v) is 8.67. The normalized spacial score (nSPS) is 13.2. The van der Waals surface area contributed by atoms with E-state index in [2.05, 4.69) is 13.5 Å². The molecule has 10 heteroatoms. The molecule has 0 fully saturated rings. The van der Waals surface area contributed by atoms with Gasteiger partial charge in [0.05, 0.1) is 30.5 Å². The molecule has 2 heterocycles. The van der Waals surface area contributed by atoms with E-state index >= 15 is 0 Å². The SMILES string of the molecule is O=C(O)C[C@@H](NS(=O)(=O)c1cccc2nsnc12)c1ccco1. The summed E-state index contributed by atoms with van der Waals surface area (Å²) in [5.74, 6) is -0.929. The Bertz CT molecular complexity index is 934. The standard InChI is InChI=1S/C13H11N3O5S2/c17-12(18)7-9(10-4-2-6-21-10)16-23(19,20)11-5-1-3-8-13(11)15-22-14-8/h1-6,9,16H,7H2,(H,17,18)/t9-/m1/s1. The fraction of sp³-hybridized carbons (Fsp3) is 0.154. The van der Waals surface area contributed by atoms with E-state index < -0.39 is 28.5 Å². The number of sulfonamides is 1. The molecule has 23 heavy (non-hydrogen) atoms. The van der Waals surface area contributed by atoms with Crippen molar-refractivity contribution >= 4 is 38.8 Å². The highest BCUT2D eigenvalue weighted by atomic mass is 32.2. The van der Waals surface area contributed by atoms with Crippen LogP contribution in [-0.2, 0) is 14.8 Å². The smallest absolute Gasteiger partial charge is 0.305 e. The molecule has 0 aliphatic carbocycles. The summed E-state index contributed by atoms with van der Waals surface area (Å²) in [7, 11) is -4.00. The van der Waals surface area contributed by atoms with Gasteiger partial charge in [-0.15, -0.1) is 0 Å². The number of nitrogens with one attached hydrogen (secondary N) is 1. The Morgan fingerprint density at radius 3 is 2.83 bits per heavy atom. The summed E-state index contributed by atoms with van der Waals surface area (Å²) >= 11 is 0.906. The van der Waals surface area contributed by atoms with Gasteiger partial charge in [-0.05, 0) is 24.3 Å². The number of fused-ring (bicyclic) bond motifs is 1. The minimum atomic E-state index is -4.00. The fourth-order valence-electron chi connectivity index (χ4n) is 2.11. The van der Waals surface area contributed by atoms with Crippen LogP contribution in [0.25, 0.3) is 11.0 Å². The molecule has 2 aromatic heterocycles. The molecule has 0 saturated heterocycles. The fourth-order valence-corrected chi connectivity index (χ4v) is 4.08. The van der Waals surface area contributed by atoms with Gasteiger partial charge in [-0.1, -0.05) is 6.07 Å². The van der Waals surface area contributed by atoms with Crippen LogP contribution in [-0.4, -0.2) is 28.2 Å². The van der Waals surface area contributed by atoms with E-state index in [0.717, 1.165) is 11.7 Å². The maximum absolute atomic E-state index is 12.6. The van der Waals surface area contributed by atoms with Crippen molar-refractivity contribution in [2.75, 3.05) is 0 Å². The number of carboxylic acids is 1. The molecule has 1 atom stereocenters. The Balaban J connectivity index is 1.98. The van der Waals surface area contributed by atoms with Gasteiger partial charge in [-0.2, -0.15) is 13.5 Å². The van der Waals surface area contributed by atoms with Crippen LogP contribution in [0.3, 0.4) is 0 Å². The summed E-state index contributed by atoms with van der Waals surface area (Å²) in [6, 6.07) is 6.65. The third-order valence-electron chi connectivity index (χ3n) is 3.10. The first kappa shape index (κ1) is 15.6. The maximum atomic E-state index is 12.6. The summed E-state index contributed by atoms with van der Waals surface area (Å²) in [5.41, 5.74) is 0.712. The lowest BCUT2D eigenvalue weighted by Crippen LogP contribution is -2.30. The molecule has 0 aliphatic heterocycles. The van der Waals surface area contributed by atoms with Crippen LogP contribution < -0.4 is 4.72 Å². The van der Waals surface area contributed by atoms with Crippen LogP contribution in [0.5, 0.6) is 0 Å². The Morgan fingerprint density at radius 2 is 2.13 bits per heavy atom. The van der Waals surface area contributed by atoms with Crippen LogP contribution in [0.4, 0.5) is 0 Å². The topological polar surface area (TPSA) is 122 Å². The predicted octanol–water partition coefficient (Wildman–Crippen LogP) is 1.78. The molecule has 8 nitrogen and oxygen atoms in total. The molecule has 0 unspecified atom stereocenters. The summed E-state index contributed by atoms with van der Waals surface area (Å²) < 4.78 is 40.7. The number of benzene rings is 1. The molecule has 120 valence electrons. The van der Waals surface area contributed by atoms with Gasteiger partial charge in [0.15, 0.2) is 0 Å². The zero-order chi connectivity index (χ0) is 16.4. The van der Waals surface area contributed by atoms with Crippen molar-refractivity contribution in [3.8, 4) is 0 Å². The van der Waals surface area contributed by atoms with Crippen molar-refractivity contribution in [1.82, 2.24) is 13.5 Å². The second kappa shape index (κ2) is 6.07. The van der Waals surface area contributed by atoms with Gasteiger partial charge in [-0.3, -0.25) is 4.79 Å². The molecule has 2 N–H and O–H groups in total. The van der Waals surface area contributed by atoms with E-state index in [-0.39, 0.29) is 16.2 Å². The third kappa shape index (κ3) is 3.23. The Labute approximate surface area is 135 Å². The highest BCUT2D eigenvalue weighted by Gasteiger charge is 2.27. The van der Waals surface area contributed by atoms with E-state index in [1.54, 1.807) is 18.2 Å². The van der Waals surface area contributed by atoms with Gasteiger partial charge >= 0.3 is 5.97 Å². The number of aromatic nitrogens is 2. The van der Waals surface area contributed by atoms with Crippen LogP contribution >= 0.6 is 11.7 Å². The van der Waals surface area contributed by atoms with Crippen molar-refractivity contribution in [1.29, 1.82) is 0 Å². The highest BCUT2D eigenvalue weighted by Crippen LogP contribution is 2.25. The summed E-state index contributed by atoms with van der Waals surface area (Å²) in [6.07, 6.45) is 0.904. The Kier molecular flexibility index (Phi) is 4.11. The molecule has 3 rings (SSSR count). The van der Waals surface area contributed by atoms with E-state index in [1.165, 1.54) is 18.4 Å². The highest BCUT2D eigenvalue weighted by molar-refractivity contribution is 7.89. The third-order valence-corrected chi connectivity index (χ3v) is 5.15. The average Bonchev–Trinajstić information content (AvgIpc) is 3.16. The van der Waals surface area contributed by atoms with E-state index in [4.69, 9.17) is 9.52 Å². The number of rotatable bonds is 6. The van der Waals surface area contributed by atoms with Crippen molar-refractivity contribution in [3.05, 3.63) is 42.4 Å². The zero-order valence-corrected chi connectivity index (χ0v) is 13.2. The van der Waals surface area contributed by atoms with Crippen LogP contribution in [0.15, 0.2) is 45.9 Å². The van der Waals surface area contributed by atoms with Gasteiger partial charge in [0.25, 0.3) is 0 Å². The van der Waals surface area contributed by atoms with Crippen LogP contribution in [0.2, 0.25) is 0 Å². The number of carbonyl (C=O) groups is 1. The average molecular weight is 353 g/mol. The quantitative estimate of drug-likeness (QED) is 0.692. The first-order chi connectivity index (χ1) is 11.0. The van der Waals surface area contributed by atoms with E-state index in [1.807, 2.05) is 0 Å². The van der Waals surface area contributed by atoms with Crippen molar-refractivity contribution in [2.24, 2.45) is 0 Å². The van der Waals surface area contributed by atoms with Crippen LogP contribution in [0, 0.1) is 0 Å². The van der Waals surface area contributed by atoms with Gasteiger partial charge in [0, 0.05) is 0 Å². The number of nitrogens with zero attached hydrogens (tertiary/aromatic N) is 2. The van der Waals surface area contributed by atoms with E-state index in [0.29, 0.717) is 5.52 Å². The largest absolute Gasteiger partial charge is 0.481 e. The zero-order valence-electron chi connectivity index (χ0n) is 11.5. The Morgan fingerprint density at radius 1 is 1.30 bits per heavy atom. The molecule has 0 bridgehead atoms. The number of aliphatic carboxylic acids is 1. The molecule has 0 radical (unpaired) electrons. The Hall–Kier alpha value is -2.30. The summed E-state index contributed by atoms with van der Waals surface area (Å²) in [4.78, 5) is 11.0. The molecular formula is C13H11N3O5S2. The molecule has 0 amide bonds. The van der Waals surface area contributed by atoms with Crippen LogP contribution in [0.1, 0.15) is 18.2 Å². The molecular weight excluding hydrogens is 342 g/mol. The van der Waals surface area contributed by atoms with Crippen molar-refractivity contribution in [2.45, 2.75) is 17.4 Å². The molecule has 0 aliphatic rings. The van der Waals surface area contributed by atoms with E-state index in [9.17, 15) is 13.2 Å². The van der Waals surface area contributed by atoms with Gasteiger partial charge < -0.3 is 9.52 Å².